The zero-order chi connectivity index (χ0) is 24.2. The Labute approximate surface area is 221 Å². The number of rotatable bonds is 7. The van der Waals surface area contributed by atoms with Crippen LogP contribution in [0.2, 0.25) is 0 Å². The molecule has 4 aromatic rings. The van der Waals surface area contributed by atoms with Crippen molar-refractivity contribution in [3.63, 3.8) is 0 Å². The highest BCUT2D eigenvalue weighted by molar-refractivity contribution is 9.10. The molecule has 0 spiro atoms. The van der Waals surface area contributed by atoms with Crippen LogP contribution in [0, 0.1) is 0 Å². The van der Waals surface area contributed by atoms with Crippen molar-refractivity contribution in [1.29, 1.82) is 0 Å². The quantitative estimate of drug-likeness (QED) is 0.255. The maximum absolute atomic E-state index is 13.1. The molecule has 0 bridgehead atoms. The van der Waals surface area contributed by atoms with E-state index in [1.54, 1.807) is 0 Å². The minimum absolute atomic E-state index is 0.136. The first-order chi connectivity index (χ1) is 17.0. The van der Waals surface area contributed by atoms with Gasteiger partial charge in [-0.05, 0) is 59.2 Å². The van der Waals surface area contributed by atoms with E-state index in [-0.39, 0.29) is 5.91 Å². The van der Waals surface area contributed by atoms with Gasteiger partial charge in [-0.3, -0.25) is 4.79 Å². The fourth-order valence-electron chi connectivity index (χ4n) is 4.33. The lowest BCUT2D eigenvalue weighted by molar-refractivity contribution is -0.134. The lowest BCUT2D eigenvalue weighted by atomic mass is 10.1. The standard InChI is InChI=1S/C28H26Br2N2O3/c29-23-5-1-20(2-6-23)17-32-18-22(15-28(33)31-11-13-34-14-12-31)26-16-25(9-10-27(26)32)35-19-21-3-7-24(30)8-4-21/h1-10,16,18H,11-15,17,19H2. The van der Waals surface area contributed by atoms with Crippen LogP contribution in [0.5, 0.6) is 5.75 Å². The van der Waals surface area contributed by atoms with E-state index in [0.29, 0.717) is 39.3 Å². The topological polar surface area (TPSA) is 43.7 Å². The molecule has 1 aliphatic heterocycles. The molecular weight excluding hydrogens is 572 g/mol. The average molecular weight is 598 g/mol. The van der Waals surface area contributed by atoms with E-state index in [2.05, 4.69) is 79.0 Å². The fraction of sp³-hybridized carbons (Fsp3) is 0.250. The Morgan fingerprint density at radius 1 is 0.886 bits per heavy atom. The highest BCUT2D eigenvalue weighted by Gasteiger charge is 2.20. The molecule has 1 aliphatic rings. The van der Waals surface area contributed by atoms with E-state index in [4.69, 9.17) is 9.47 Å². The Morgan fingerprint density at radius 3 is 2.23 bits per heavy atom. The van der Waals surface area contributed by atoms with Gasteiger partial charge in [0.05, 0.1) is 19.6 Å². The molecule has 1 saturated heterocycles. The SMILES string of the molecule is O=C(Cc1cn(Cc2ccc(Br)cc2)c2ccc(OCc3ccc(Br)cc3)cc12)N1CCOCC1. The maximum Gasteiger partial charge on any atom is 0.227 e. The summed E-state index contributed by atoms with van der Waals surface area (Å²) in [5.74, 6) is 0.930. The number of carbonyl (C=O) groups is 1. The number of fused-ring (bicyclic) bond motifs is 1. The Kier molecular flexibility index (Phi) is 7.56. The van der Waals surface area contributed by atoms with Crippen LogP contribution < -0.4 is 4.74 Å². The van der Waals surface area contributed by atoms with Crippen LogP contribution >= 0.6 is 31.9 Å². The van der Waals surface area contributed by atoms with Crippen molar-refractivity contribution in [3.8, 4) is 5.75 Å². The Bertz CT molecular complexity index is 1310. The second-order valence-electron chi connectivity index (χ2n) is 8.67. The van der Waals surface area contributed by atoms with Crippen LogP contribution in [0.25, 0.3) is 10.9 Å². The van der Waals surface area contributed by atoms with Gasteiger partial charge in [0.2, 0.25) is 5.91 Å². The Balaban J connectivity index is 1.42. The maximum atomic E-state index is 13.1. The number of aromatic nitrogens is 1. The van der Waals surface area contributed by atoms with Gasteiger partial charge in [-0.25, -0.2) is 0 Å². The molecule has 5 rings (SSSR count). The molecule has 0 saturated carbocycles. The molecule has 180 valence electrons. The van der Waals surface area contributed by atoms with E-state index in [1.807, 2.05) is 35.2 Å². The van der Waals surface area contributed by atoms with Crippen LogP contribution in [0.4, 0.5) is 0 Å². The molecule has 0 atom stereocenters. The van der Waals surface area contributed by atoms with Crippen molar-refractivity contribution in [3.05, 3.63) is 98.6 Å². The molecule has 1 fully saturated rings. The number of hydrogen-bond acceptors (Lipinski definition) is 3. The molecule has 0 aliphatic carbocycles. The van der Waals surface area contributed by atoms with Crippen LogP contribution in [-0.4, -0.2) is 41.7 Å². The number of benzene rings is 3. The minimum Gasteiger partial charge on any atom is -0.489 e. The summed E-state index contributed by atoms with van der Waals surface area (Å²) in [6.07, 6.45) is 2.48. The largest absolute Gasteiger partial charge is 0.489 e. The Hall–Kier alpha value is -2.61. The van der Waals surface area contributed by atoms with Crippen molar-refractivity contribution in [1.82, 2.24) is 9.47 Å². The molecule has 7 heteroatoms. The average Bonchev–Trinajstić information content (AvgIpc) is 3.21. The lowest BCUT2D eigenvalue weighted by Crippen LogP contribution is -2.41. The van der Waals surface area contributed by atoms with E-state index in [0.717, 1.165) is 43.3 Å². The van der Waals surface area contributed by atoms with Crippen LogP contribution in [0.1, 0.15) is 16.7 Å². The highest BCUT2D eigenvalue weighted by Crippen LogP contribution is 2.29. The molecule has 5 nitrogen and oxygen atoms in total. The molecule has 1 aromatic heterocycles. The molecule has 0 unspecified atom stereocenters. The van der Waals surface area contributed by atoms with Gasteiger partial charge in [0, 0.05) is 45.7 Å². The predicted molar refractivity (Wildman–Crippen MR) is 145 cm³/mol. The zero-order valence-electron chi connectivity index (χ0n) is 19.3. The first-order valence-corrected chi connectivity index (χ1v) is 13.2. The van der Waals surface area contributed by atoms with Gasteiger partial charge in [0.1, 0.15) is 12.4 Å². The Morgan fingerprint density at radius 2 is 1.54 bits per heavy atom. The number of ether oxygens (including phenoxy) is 2. The van der Waals surface area contributed by atoms with Crippen molar-refractivity contribution >= 4 is 48.7 Å². The first kappa shape index (κ1) is 24.1. The van der Waals surface area contributed by atoms with Crippen LogP contribution in [0.15, 0.2) is 81.9 Å². The summed E-state index contributed by atoms with van der Waals surface area (Å²) in [6.45, 7) is 3.72. The van der Waals surface area contributed by atoms with Gasteiger partial charge >= 0.3 is 0 Å². The first-order valence-electron chi connectivity index (χ1n) is 11.6. The molecular formula is C28H26Br2N2O3. The summed E-state index contributed by atoms with van der Waals surface area (Å²) in [4.78, 5) is 15.0. The molecule has 0 radical (unpaired) electrons. The van der Waals surface area contributed by atoms with Crippen molar-refractivity contribution in [2.45, 2.75) is 19.6 Å². The van der Waals surface area contributed by atoms with Gasteiger partial charge in [-0.15, -0.1) is 0 Å². The van der Waals surface area contributed by atoms with Crippen molar-refractivity contribution in [2.75, 3.05) is 26.3 Å². The van der Waals surface area contributed by atoms with Gasteiger partial charge in [0.25, 0.3) is 0 Å². The third-order valence-corrected chi connectivity index (χ3v) is 7.28. The monoisotopic (exact) mass is 596 g/mol. The van der Waals surface area contributed by atoms with Crippen molar-refractivity contribution < 1.29 is 14.3 Å². The minimum atomic E-state index is 0.136. The van der Waals surface area contributed by atoms with Gasteiger partial charge in [-0.2, -0.15) is 0 Å². The predicted octanol–water partition coefficient (Wildman–Crippen LogP) is 6.19. The van der Waals surface area contributed by atoms with E-state index >= 15 is 0 Å². The smallest absolute Gasteiger partial charge is 0.227 e. The number of hydrogen-bond donors (Lipinski definition) is 0. The molecule has 2 heterocycles. The normalized spacial score (nSPS) is 13.8. The van der Waals surface area contributed by atoms with E-state index in [9.17, 15) is 4.79 Å². The van der Waals surface area contributed by atoms with E-state index in [1.165, 1.54) is 5.56 Å². The number of carbonyl (C=O) groups excluding carboxylic acids is 1. The van der Waals surface area contributed by atoms with Gasteiger partial charge < -0.3 is 18.9 Å². The number of halogens is 2. The van der Waals surface area contributed by atoms with Crippen LogP contribution in [0.3, 0.4) is 0 Å². The second kappa shape index (κ2) is 11.0. The summed E-state index contributed by atoms with van der Waals surface area (Å²) < 4.78 is 15.9. The number of morpholine rings is 1. The van der Waals surface area contributed by atoms with Gasteiger partial charge in [-0.1, -0.05) is 56.1 Å². The fourth-order valence-corrected chi connectivity index (χ4v) is 4.86. The summed E-state index contributed by atoms with van der Waals surface area (Å²) in [7, 11) is 0. The highest BCUT2D eigenvalue weighted by atomic mass is 79.9. The molecule has 3 aromatic carbocycles. The summed E-state index contributed by atoms with van der Waals surface area (Å²) >= 11 is 6.98. The summed E-state index contributed by atoms with van der Waals surface area (Å²) in [6, 6.07) is 22.6. The molecule has 35 heavy (non-hydrogen) atoms. The number of amides is 1. The summed E-state index contributed by atoms with van der Waals surface area (Å²) in [5.41, 5.74) is 4.41. The van der Waals surface area contributed by atoms with E-state index < -0.39 is 0 Å². The third-order valence-electron chi connectivity index (χ3n) is 6.23. The zero-order valence-corrected chi connectivity index (χ0v) is 22.4. The van der Waals surface area contributed by atoms with Crippen molar-refractivity contribution in [2.24, 2.45) is 0 Å². The number of nitrogens with zero attached hydrogens (tertiary/aromatic N) is 2. The lowest BCUT2D eigenvalue weighted by Gasteiger charge is -2.26. The van der Waals surface area contributed by atoms with Gasteiger partial charge in [0.15, 0.2) is 0 Å². The van der Waals surface area contributed by atoms with Crippen LogP contribution in [-0.2, 0) is 29.1 Å². The second-order valence-corrected chi connectivity index (χ2v) is 10.5. The molecule has 0 N–H and O–H groups in total. The third kappa shape index (κ3) is 5.97. The summed E-state index contributed by atoms with van der Waals surface area (Å²) in [5, 5.41) is 1.05. The molecule has 1 amide bonds.